The number of ether oxygens (including phenoxy) is 1. The Bertz CT molecular complexity index is 323. The number of benzene rings is 1. The topological polar surface area (TPSA) is 26.3 Å². The third-order valence-electron chi connectivity index (χ3n) is 2.02. The Morgan fingerprint density at radius 1 is 1.57 bits per heavy atom. The van der Waals surface area contributed by atoms with E-state index in [1.165, 1.54) is 0 Å². The van der Waals surface area contributed by atoms with Gasteiger partial charge in [-0.15, -0.1) is 0 Å². The zero-order chi connectivity index (χ0) is 10.6. The Balaban J connectivity index is 2.98. The maximum absolute atomic E-state index is 10.7. The first kappa shape index (κ1) is 11.2. The second-order valence-electron chi connectivity index (χ2n) is 3.11. The van der Waals surface area contributed by atoms with Gasteiger partial charge in [0.05, 0.1) is 16.1 Å². The lowest BCUT2D eigenvalue weighted by Gasteiger charge is -2.15. The van der Waals surface area contributed by atoms with Crippen molar-refractivity contribution in [1.82, 2.24) is 0 Å². The van der Waals surface area contributed by atoms with Gasteiger partial charge in [0.25, 0.3) is 0 Å². The van der Waals surface area contributed by atoms with Gasteiger partial charge in [-0.1, -0.05) is 13.0 Å². The van der Waals surface area contributed by atoms with E-state index < -0.39 is 0 Å². The fraction of sp³-hybridized carbons (Fsp3) is 0.364. The molecule has 0 saturated carbocycles. The predicted molar refractivity (Wildman–Crippen MR) is 59.9 cm³/mol. The number of carbonyl (C=O) groups is 1. The SMILES string of the molecule is CCC(C)Oc1c(Br)cccc1C=O. The van der Waals surface area contributed by atoms with Crippen molar-refractivity contribution in [3.63, 3.8) is 0 Å². The molecule has 1 aromatic carbocycles. The average molecular weight is 257 g/mol. The second kappa shape index (κ2) is 5.15. The first-order valence-electron chi connectivity index (χ1n) is 4.59. The van der Waals surface area contributed by atoms with Gasteiger partial charge < -0.3 is 4.74 Å². The van der Waals surface area contributed by atoms with Crippen molar-refractivity contribution in [2.75, 3.05) is 0 Å². The summed E-state index contributed by atoms with van der Waals surface area (Å²) >= 11 is 3.36. The minimum Gasteiger partial charge on any atom is -0.489 e. The van der Waals surface area contributed by atoms with Crippen LogP contribution in [0, 0.1) is 0 Å². The van der Waals surface area contributed by atoms with Crippen LogP contribution in [0.5, 0.6) is 5.75 Å². The zero-order valence-corrected chi connectivity index (χ0v) is 9.87. The van der Waals surface area contributed by atoms with Crippen LogP contribution in [0.4, 0.5) is 0 Å². The van der Waals surface area contributed by atoms with E-state index in [0.29, 0.717) is 11.3 Å². The Morgan fingerprint density at radius 2 is 2.29 bits per heavy atom. The molecule has 3 heteroatoms. The van der Waals surface area contributed by atoms with Crippen molar-refractivity contribution in [3.8, 4) is 5.75 Å². The van der Waals surface area contributed by atoms with Gasteiger partial charge in [-0.2, -0.15) is 0 Å². The molecule has 0 saturated heterocycles. The quantitative estimate of drug-likeness (QED) is 0.772. The number of halogens is 1. The number of rotatable bonds is 4. The van der Waals surface area contributed by atoms with Crippen LogP contribution in [-0.4, -0.2) is 12.4 Å². The Hall–Kier alpha value is -0.830. The predicted octanol–water partition coefficient (Wildman–Crippen LogP) is 3.44. The highest BCUT2D eigenvalue weighted by molar-refractivity contribution is 9.10. The van der Waals surface area contributed by atoms with Gasteiger partial charge in [-0.3, -0.25) is 4.79 Å². The van der Waals surface area contributed by atoms with Crippen molar-refractivity contribution in [2.45, 2.75) is 26.4 Å². The highest BCUT2D eigenvalue weighted by Crippen LogP contribution is 2.29. The van der Waals surface area contributed by atoms with Crippen molar-refractivity contribution >= 4 is 22.2 Å². The van der Waals surface area contributed by atoms with E-state index in [1.807, 2.05) is 26.0 Å². The highest BCUT2D eigenvalue weighted by Gasteiger charge is 2.09. The number of hydrogen-bond donors (Lipinski definition) is 0. The zero-order valence-electron chi connectivity index (χ0n) is 8.29. The molecule has 14 heavy (non-hydrogen) atoms. The molecule has 0 bridgehead atoms. The van der Waals surface area contributed by atoms with Crippen LogP contribution in [-0.2, 0) is 0 Å². The molecule has 0 heterocycles. The van der Waals surface area contributed by atoms with Gasteiger partial charge in [0.1, 0.15) is 5.75 Å². The third kappa shape index (κ3) is 2.58. The molecule has 1 rings (SSSR count). The van der Waals surface area contributed by atoms with Crippen molar-refractivity contribution < 1.29 is 9.53 Å². The first-order valence-corrected chi connectivity index (χ1v) is 5.38. The minimum atomic E-state index is 0.118. The summed E-state index contributed by atoms with van der Waals surface area (Å²) in [7, 11) is 0. The first-order chi connectivity index (χ1) is 6.69. The Morgan fingerprint density at radius 3 is 2.86 bits per heavy atom. The summed E-state index contributed by atoms with van der Waals surface area (Å²) in [6, 6.07) is 5.43. The normalized spacial score (nSPS) is 12.2. The molecule has 0 aromatic heterocycles. The monoisotopic (exact) mass is 256 g/mol. The van der Waals surface area contributed by atoms with Crippen molar-refractivity contribution in [3.05, 3.63) is 28.2 Å². The van der Waals surface area contributed by atoms with Crippen LogP contribution >= 0.6 is 15.9 Å². The molecular formula is C11H13BrO2. The lowest BCUT2D eigenvalue weighted by Crippen LogP contribution is -2.11. The average Bonchev–Trinajstić information content (AvgIpc) is 2.20. The Kier molecular flexibility index (Phi) is 4.14. The molecule has 0 fully saturated rings. The molecule has 0 aliphatic rings. The van der Waals surface area contributed by atoms with E-state index >= 15 is 0 Å². The molecule has 76 valence electrons. The molecule has 1 unspecified atom stereocenters. The fourth-order valence-corrected chi connectivity index (χ4v) is 1.50. The number of para-hydroxylation sites is 1. The smallest absolute Gasteiger partial charge is 0.153 e. The van der Waals surface area contributed by atoms with Gasteiger partial charge in [-0.05, 0) is 41.4 Å². The van der Waals surface area contributed by atoms with Crippen LogP contribution in [0.15, 0.2) is 22.7 Å². The maximum atomic E-state index is 10.7. The van der Waals surface area contributed by atoms with Crippen LogP contribution in [0.25, 0.3) is 0 Å². The summed E-state index contributed by atoms with van der Waals surface area (Å²) in [5.74, 6) is 0.636. The summed E-state index contributed by atoms with van der Waals surface area (Å²) in [6.07, 6.45) is 1.84. The highest BCUT2D eigenvalue weighted by atomic mass is 79.9. The van der Waals surface area contributed by atoms with Crippen LogP contribution in [0.3, 0.4) is 0 Å². The van der Waals surface area contributed by atoms with E-state index in [9.17, 15) is 4.79 Å². The molecule has 2 nitrogen and oxygen atoms in total. The van der Waals surface area contributed by atoms with Gasteiger partial charge in [-0.25, -0.2) is 0 Å². The molecule has 1 atom stereocenters. The summed E-state index contributed by atoms with van der Waals surface area (Å²) in [5.41, 5.74) is 0.583. The summed E-state index contributed by atoms with van der Waals surface area (Å²) in [4.78, 5) is 10.7. The fourth-order valence-electron chi connectivity index (χ4n) is 1.03. The molecule has 0 radical (unpaired) electrons. The summed E-state index contributed by atoms with van der Waals surface area (Å²) < 4.78 is 6.46. The van der Waals surface area contributed by atoms with Gasteiger partial charge >= 0.3 is 0 Å². The van der Waals surface area contributed by atoms with Gasteiger partial charge in [0, 0.05) is 0 Å². The maximum Gasteiger partial charge on any atom is 0.153 e. The van der Waals surface area contributed by atoms with Crippen molar-refractivity contribution in [1.29, 1.82) is 0 Å². The standard InChI is InChI=1S/C11H13BrO2/c1-3-8(2)14-11-9(7-13)5-4-6-10(11)12/h4-8H,3H2,1-2H3. The largest absolute Gasteiger partial charge is 0.489 e. The Labute approximate surface area is 92.4 Å². The lowest BCUT2D eigenvalue weighted by atomic mass is 10.2. The number of aldehydes is 1. The molecule has 0 spiro atoms. The molecule has 0 aliphatic carbocycles. The third-order valence-corrected chi connectivity index (χ3v) is 2.64. The van der Waals surface area contributed by atoms with E-state index in [0.717, 1.165) is 17.2 Å². The van der Waals surface area contributed by atoms with E-state index in [-0.39, 0.29) is 6.10 Å². The molecule has 0 aliphatic heterocycles. The summed E-state index contributed by atoms with van der Waals surface area (Å²) in [5, 5.41) is 0. The van der Waals surface area contributed by atoms with E-state index in [4.69, 9.17) is 4.74 Å². The van der Waals surface area contributed by atoms with E-state index in [1.54, 1.807) is 6.07 Å². The molecule has 0 amide bonds. The number of hydrogen-bond acceptors (Lipinski definition) is 2. The van der Waals surface area contributed by atoms with Crippen LogP contribution < -0.4 is 4.74 Å². The van der Waals surface area contributed by atoms with E-state index in [2.05, 4.69) is 15.9 Å². The lowest BCUT2D eigenvalue weighted by molar-refractivity contribution is 0.111. The minimum absolute atomic E-state index is 0.118. The summed E-state index contributed by atoms with van der Waals surface area (Å²) in [6.45, 7) is 4.02. The van der Waals surface area contributed by atoms with Gasteiger partial charge in [0.15, 0.2) is 6.29 Å². The van der Waals surface area contributed by atoms with Gasteiger partial charge in [0.2, 0.25) is 0 Å². The van der Waals surface area contributed by atoms with Crippen LogP contribution in [0.2, 0.25) is 0 Å². The molecule has 0 N–H and O–H groups in total. The molecule has 1 aromatic rings. The number of carbonyl (C=O) groups excluding carboxylic acids is 1. The molecular weight excluding hydrogens is 244 g/mol. The van der Waals surface area contributed by atoms with Crippen LogP contribution in [0.1, 0.15) is 30.6 Å². The second-order valence-corrected chi connectivity index (χ2v) is 3.97. The van der Waals surface area contributed by atoms with Crippen molar-refractivity contribution in [2.24, 2.45) is 0 Å².